The van der Waals surface area contributed by atoms with Crippen LogP contribution in [-0.2, 0) is 6.54 Å². The van der Waals surface area contributed by atoms with Gasteiger partial charge in [0, 0.05) is 5.92 Å². The number of aromatic nitrogens is 3. The third kappa shape index (κ3) is 1.80. The summed E-state index contributed by atoms with van der Waals surface area (Å²) in [5.74, 6) is 0.893. The number of alkyl halides is 2. The third-order valence-electron chi connectivity index (χ3n) is 2.00. The minimum Gasteiger partial charge on any atom is -0.296 e. The van der Waals surface area contributed by atoms with Gasteiger partial charge in [-0.25, -0.2) is 8.78 Å². The Morgan fingerprint density at radius 3 is 2.69 bits per heavy atom. The zero-order chi connectivity index (χ0) is 9.42. The molecule has 0 N–H and O–H groups in total. The van der Waals surface area contributed by atoms with E-state index in [2.05, 4.69) is 10.2 Å². The Kier molecular flexibility index (Phi) is 2.19. The Hall–Kier alpha value is -0.710. The van der Waals surface area contributed by atoms with E-state index in [1.807, 2.05) is 0 Å². The summed E-state index contributed by atoms with van der Waals surface area (Å²) in [6.45, 7) is -0.405. The van der Waals surface area contributed by atoms with Crippen LogP contribution in [0.25, 0.3) is 0 Å². The molecule has 1 aromatic rings. The summed E-state index contributed by atoms with van der Waals surface area (Å²) in [4.78, 5) is 0. The van der Waals surface area contributed by atoms with Crippen molar-refractivity contribution in [3.63, 3.8) is 0 Å². The van der Waals surface area contributed by atoms with Gasteiger partial charge in [0.05, 0.1) is 6.54 Å². The van der Waals surface area contributed by atoms with E-state index in [1.54, 1.807) is 0 Å². The van der Waals surface area contributed by atoms with Crippen molar-refractivity contribution in [1.29, 1.82) is 0 Å². The van der Waals surface area contributed by atoms with Crippen LogP contribution in [0.1, 0.15) is 24.6 Å². The highest BCUT2D eigenvalue weighted by atomic mass is 35.5. The van der Waals surface area contributed by atoms with E-state index < -0.39 is 13.0 Å². The maximum atomic E-state index is 12.1. The zero-order valence-corrected chi connectivity index (χ0v) is 7.51. The first-order valence-electron chi connectivity index (χ1n) is 4.05. The van der Waals surface area contributed by atoms with Crippen molar-refractivity contribution in [2.75, 3.05) is 0 Å². The first-order chi connectivity index (χ1) is 6.18. The lowest BCUT2D eigenvalue weighted by molar-refractivity contribution is 0.125. The van der Waals surface area contributed by atoms with Crippen LogP contribution in [0.5, 0.6) is 0 Å². The molecule has 0 aromatic carbocycles. The van der Waals surface area contributed by atoms with Crippen LogP contribution in [-0.4, -0.2) is 21.2 Å². The fourth-order valence-electron chi connectivity index (χ4n) is 1.25. The molecule has 1 heterocycles. The Morgan fingerprint density at radius 2 is 2.15 bits per heavy atom. The predicted octanol–water partition coefficient (Wildman–Crippen LogP) is 2.07. The van der Waals surface area contributed by atoms with Crippen molar-refractivity contribution >= 4 is 11.6 Å². The molecule has 0 unspecified atom stereocenters. The number of rotatable bonds is 3. The summed E-state index contributed by atoms with van der Waals surface area (Å²) in [7, 11) is 0. The minimum atomic E-state index is -2.41. The molecule has 0 aliphatic heterocycles. The maximum absolute atomic E-state index is 12.1. The highest BCUT2D eigenvalue weighted by Crippen LogP contribution is 2.39. The summed E-state index contributed by atoms with van der Waals surface area (Å²) in [6.07, 6.45) is -0.415. The average Bonchev–Trinajstić information content (AvgIpc) is 2.81. The smallest absolute Gasteiger partial charge is 0.256 e. The number of hydrogen-bond acceptors (Lipinski definition) is 2. The van der Waals surface area contributed by atoms with Gasteiger partial charge in [-0.15, -0.1) is 10.2 Å². The standard InChI is InChI=1S/C7H8ClF2N3/c8-7-12-11-6(4-1-2-4)13(7)3-5(9)10/h4-5H,1-3H2. The molecule has 6 heteroatoms. The van der Waals surface area contributed by atoms with Gasteiger partial charge in [-0.1, -0.05) is 0 Å². The molecule has 0 bridgehead atoms. The van der Waals surface area contributed by atoms with Crippen molar-refractivity contribution in [2.45, 2.75) is 31.7 Å². The van der Waals surface area contributed by atoms with Crippen LogP contribution in [0.15, 0.2) is 0 Å². The van der Waals surface area contributed by atoms with Crippen molar-refractivity contribution < 1.29 is 8.78 Å². The molecule has 13 heavy (non-hydrogen) atoms. The predicted molar refractivity (Wildman–Crippen MR) is 43.0 cm³/mol. The number of halogens is 3. The second kappa shape index (κ2) is 3.21. The van der Waals surface area contributed by atoms with Crippen LogP contribution in [0, 0.1) is 0 Å². The van der Waals surface area contributed by atoms with E-state index in [0.717, 1.165) is 12.8 Å². The molecule has 3 nitrogen and oxygen atoms in total. The largest absolute Gasteiger partial charge is 0.296 e. The van der Waals surface area contributed by atoms with E-state index >= 15 is 0 Å². The lowest BCUT2D eigenvalue weighted by atomic mass is 10.4. The van der Waals surface area contributed by atoms with Crippen LogP contribution in [0.4, 0.5) is 8.78 Å². The van der Waals surface area contributed by atoms with Gasteiger partial charge in [-0.05, 0) is 24.4 Å². The topological polar surface area (TPSA) is 30.7 Å². The summed E-state index contributed by atoms with van der Waals surface area (Å²) in [6, 6.07) is 0. The van der Waals surface area contributed by atoms with Crippen molar-refractivity contribution in [1.82, 2.24) is 14.8 Å². The van der Waals surface area contributed by atoms with Crippen molar-refractivity contribution in [3.05, 3.63) is 11.1 Å². The Bertz CT molecular complexity index is 309. The van der Waals surface area contributed by atoms with Gasteiger partial charge >= 0.3 is 0 Å². The van der Waals surface area contributed by atoms with E-state index in [0.29, 0.717) is 11.7 Å². The minimum absolute atomic E-state index is 0.0576. The van der Waals surface area contributed by atoms with E-state index in [9.17, 15) is 8.78 Å². The van der Waals surface area contributed by atoms with Gasteiger partial charge in [0.1, 0.15) is 5.82 Å². The molecule has 72 valence electrons. The van der Waals surface area contributed by atoms with E-state index in [4.69, 9.17) is 11.6 Å². The van der Waals surface area contributed by atoms with E-state index in [-0.39, 0.29) is 5.28 Å². The summed E-state index contributed by atoms with van der Waals surface area (Å²) >= 11 is 5.62. The maximum Gasteiger partial charge on any atom is 0.256 e. The zero-order valence-electron chi connectivity index (χ0n) is 6.75. The van der Waals surface area contributed by atoms with Crippen molar-refractivity contribution in [3.8, 4) is 0 Å². The van der Waals surface area contributed by atoms with Gasteiger partial charge in [-0.2, -0.15) is 0 Å². The van der Waals surface area contributed by atoms with Gasteiger partial charge in [0.15, 0.2) is 0 Å². The second-order valence-corrected chi connectivity index (χ2v) is 3.44. The normalized spacial score (nSPS) is 16.9. The molecule has 0 radical (unpaired) electrons. The molecule has 0 atom stereocenters. The fourth-order valence-corrected chi connectivity index (χ4v) is 1.44. The lowest BCUT2D eigenvalue weighted by Gasteiger charge is -2.04. The molecule has 0 amide bonds. The van der Waals surface area contributed by atoms with E-state index in [1.165, 1.54) is 4.57 Å². The molecule has 0 spiro atoms. The number of nitrogens with zero attached hydrogens (tertiary/aromatic N) is 3. The van der Waals surface area contributed by atoms with Gasteiger partial charge in [-0.3, -0.25) is 4.57 Å². The van der Waals surface area contributed by atoms with Gasteiger partial charge in [0.2, 0.25) is 5.28 Å². The lowest BCUT2D eigenvalue weighted by Crippen LogP contribution is -2.09. The quantitative estimate of drug-likeness (QED) is 0.760. The van der Waals surface area contributed by atoms with Crippen LogP contribution in [0.2, 0.25) is 5.28 Å². The molecule has 1 aliphatic carbocycles. The Labute approximate surface area is 78.7 Å². The van der Waals surface area contributed by atoms with Gasteiger partial charge < -0.3 is 0 Å². The first kappa shape index (κ1) is 8.87. The fraction of sp³-hybridized carbons (Fsp3) is 0.714. The average molecular weight is 208 g/mol. The second-order valence-electron chi connectivity index (χ2n) is 3.10. The Balaban J connectivity index is 2.23. The molecule has 0 saturated heterocycles. The number of hydrogen-bond donors (Lipinski definition) is 0. The summed E-state index contributed by atoms with van der Waals surface area (Å²) < 4.78 is 25.5. The molecule has 1 fully saturated rings. The molecular formula is C7H8ClF2N3. The first-order valence-corrected chi connectivity index (χ1v) is 4.43. The monoisotopic (exact) mass is 207 g/mol. The highest BCUT2D eigenvalue weighted by Gasteiger charge is 2.30. The SMILES string of the molecule is FC(F)Cn1c(Cl)nnc1C1CC1. The molecule has 1 aromatic heterocycles. The molecule has 1 saturated carbocycles. The van der Waals surface area contributed by atoms with Gasteiger partial charge in [0.25, 0.3) is 6.43 Å². The summed E-state index contributed by atoms with van der Waals surface area (Å²) in [5.41, 5.74) is 0. The molecule has 2 rings (SSSR count). The molecule has 1 aliphatic rings. The van der Waals surface area contributed by atoms with Crippen LogP contribution in [0.3, 0.4) is 0 Å². The highest BCUT2D eigenvalue weighted by molar-refractivity contribution is 6.28. The summed E-state index contributed by atoms with van der Waals surface area (Å²) in [5, 5.41) is 7.41. The van der Waals surface area contributed by atoms with Crippen LogP contribution < -0.4 is 0 Å². The third-order valence-corrected chi connectivity index (χ3v) is 2.28. The Morgan fingerprint density at radius 1 is 1.46 bits per heavy atom. The van der Waals surface area contributed by atoms with Crippen LogP contribution >= 0.6 is 11.6 Å². The van der Waals surface area contributed by atoms with Crippen molar-refractivity contribution in [2.24, 2.45) is 0 Å². The molecular weight excluding hydrogens is 200 g/mol.